The molecule has 0 unspecified atom stereocenters. The summed E-state index contributed by atoms with van der Waals surface area (Å²) in [6, 6.07) is 6.82. The van der Waals surface area contributed by atoms with Crippen LogP contribution in [0.15, 0.2) is 24.3 Å². The summed E-state index contributed by atoms with van der Waals surface area (Å²) in [5, 5.41) is 4.61. The van der Waals surface area contributed by atoms with Gasteiger partial charge in [-0.1, -0.05) is 12.1 Å². The summed E-state index contributed by atoms with van der Waals surface area (Å²) in [6.07, 6.45) is 0. The molecule has 6 heteroatoms. The number of carbonyl (C=O) groups excluding carboxylic acids is 2. The molecule has 1 aromatic carbocycles. The van der Waals surface area contributed by atoms with Gasteiger partial charge in [-0.05, 0) is 41.6 Å². The van der Waals surface area contributed by atoms with Crippen LogP contribution in [-0.2, 0) is 4.79 Å². The number of urea groups is 1. The van der Waals surface area contributed by atoms with Crippen molar-refractivity contribution >= 4 is 34.5 Å². The van der Waals surface area contributed by atoms with Crippen LogP contribution in [0, 0.1) is 3.57 Å². The van der Waals surface area contributed by atoms with Crippen LogP contribution in [0.2, 0.25) is 0 Å². The molecule has 0 aliphatic heterocycles. The van der Waals surface area contributed by atoms with E-state index in [1.807, 2.05) is 18.2 Å². The van der Waals surface area contributed by atoms with Gasteiger partial charge >= 0.3 is 6.03 Å². The molecule has 92 valence electrons. The van der Waals surface area contributed by atoms with Gasteiger partial charge < -0.3 is 10.1 Å². The predicted molar refractivity (Wildman–Crippen MR) is 71.9 cm³/mol. The first kappa shape index (κ1) is 13.8. The zero-order valence-electron chi connectivity index (χ0n) is 9.33. The summed E-state index contributed by atoms with van der Waals surface area (Å²) in [4.78, 5) is 22.3. The summed E-state index contributed by atoms with van der Waals surface area (Å²) in [5.41, 5.74) is 0. The molecule has 0 saturated heterocycles. The number of imide groups is 1. The topological polar surface area (TPSA) is 67.4 Å². The number of rotatable bonds is 4. The Morgan fingerprint density at radius 2 is 2.06 bits per heavy atom. The Bertz CT molecular complexity index is 409. The Morgan fingerprint density at radius 1 is 1.35 bits per heavy atom. The predicted octanol–water partition coefficient (Wildman–Crippen LogP) is 1.52. The number of nitrogens with one attached hydrogen (secondary N) is 2. The molecule has 2 N–H and O–H groups in total. The third-order valence-corrected chi connectivity index (χ3v) is 2.68. The molecule has 1 rings (SSSR count). The lowest BCUT2D eigenvalue weighted by Gasteiger charge is -2.08. The zero-order valence-corrected chi connectivity index (χ0v) is 11.5. The molecule has 3 amide bonds. The monoisotopic (exact) mass is 348 g/mol. The van der Waals surface area contributed by atoms with E-state index >= 15 is 0 Å². The molecule has 0 radical (unpaired) electrons. The van der Waals surface area contributed by atoms with Gasteiger partial charge in [-0.15, -0.1) is 0 Å². The van der Waals surface area contributed by atoms with Gasteiger partial charge in [-0.25, -0.2) is 4.79 Å². The number of ether oxygens (including phenoxy) is 1. The maximum absolute atomic E-state index is 11.3. The van der Waals surface area contributed by atoms with Crippen molar-refractivity contribution in [2.24, 2.45) is 0 Å². The minimum Gasteiger partial charge on any atom is -0.483 e. The second-order valence-electron chi connectivity index (χ2n) is 3.13. The van der Waals surface area contributed by atoms with E-state index in [2.05, 4.69) is 33.2 Å². The number of carbonyl (C=O) groups is 2. The molecule has 0 fully saturated rings. The number of halogens is 1. The van der Waals surface area contributed by atoms with Gasteiger partial charge in [0, 0.05) is 6.54 Å². The Labute approximate surface area is 113 Å². The maximum atomic E-state index is 11.3. The fraction of sp³-hybridized carbons (Fsp3) is 0.273. The van der Waals surface area contributed by atoms with Crippen molar-refractivity contribution in [2.75, 3.05) is 13.2 Å². The quantitative estimate of drug-likeness (QED) is 0.811. The van der Waals surface area contributed by atoms with Crippen LogP contribution in [0.25, 0.3) is 0 Å². The molecule has 0 aliphatic rings. The lowest BCUT2D eigenvalue weighted by atomic mass is 10.3. The van der Waals surface area contributed by atoms with E-state index in [0.717, 1.165) is 3.57 Å². The summed E-state index contributed by atoms with van der Waals surface area (Å²) in [6.45, 7) is 2.06. The third kappa shape index (κ3) is 5.03. The maximum Gasteiger partial charge on any atom is 0.321 e. The van der Waals surface area contributed by atoms with Crippen molar-refractivity contribution in [1.82, 2.24) is 10.6 Å². The van der Waals surface area contributed by atoms with E-state index in [9.17, 15) is 9.59 Å². The average molecular weight is 348 g/mol. The van der Waals surface area contributed by atoms with E-state index < -0.39 is 11.9 Å². The highest BCUT2D eigenvalue weighted by atomic mass is 127. The van der Waals surface area contributed by atoms with Gasteiger partial charge in [-0.3, -0.25) is 10.1 Å². The van der Waals surface area contributed by atoms with Crippen molar-refractivity contribution in [3.05, 3.63) is 27.8 Å². The largest absolute Gasteiger partial charge is 0.483 e. The summed E-state index contributed by atoms with van der Waals surface area (Å²) in [7, 11) is 0. The SMILES string of the molecule is CCNC(=O)NC(=O)COc1ccccc1I. The van der Waals surface area contributed by atoms with Crippen LogP contribution < -0.4 is 15.4 Å². The summed E-state index contributed by atoms with van der Waals surface area (Å²) < 4.78 is 6.19. The third-order valence-electron chi connectivity index (χ3n) is 1.79. The first-order valence-corrected chi connectivity index (χ1v) is 6.16. The highest BCUT2D eigenvalue weighted by Crippen LogP contribution is 2.19. The number of amides is 3. The Hall–Kier alpha value is -1.31. The molecule has 17 heavy (non-hydrogen) atoms. The first-order valence-electron chi connectivity index (χ1n) is 5.08. The normalized spacial score (nSPS) is 9.53. The van der Waals surface area contributed by atoms with Crippen molar-refractivity contribution in [1.29, 1.82) is 0 Å². The van der Waals surface area contributed by atoms with Crippen LogP contribution in [0.3, 0.4) is 0 Å². The Kier molecular flexibility index (Phi) is 5.75. The van der Waals surface area contributed by atoms with Gasteiger partial charge in [-0.2, -0.15) is 0 Å². The molecular formula is C11H13IN2O3. The van der Waals surface area contributed by atoms with E-state index in [0.29, 0.717) is 12.3 Å². The van der Waals surface area contributed by atoms with Crippen molar-refractivity contribution in [2.45, 2.75) is 6.92 Å². The number of benzene rings is 1. The molecule has 0 aliphatic carbocycles. The van der Waals surface area contributed by atoms with Crippen molar-refractivity contribution < 1.29 is 14.3 Å². The summed E-state index contributed by atoms with van der Waals surface area (Å²) in [5.74, 6) is 0.148. The van der Waals surface area contributed by atoms with Gasteiger partial charge in [0.1, 0.15) is 5.75 Å². The minimum absolute atomic E-state index is 0.183. The van der Waals surface area contributed by atoms with Crippen LogP contribution in [-0.4, -0.2) is 25.1 Å². The number of para-hydroxylation sites is 1. The second kappa shape index (κ2) is 7.10. The molecule has 0 saturated carbocycles. The smallest absolute Gasteiger partial charge is 0.321 e. The standard InChI is InChI=1S/C11H13IN2O3/c1-2-13-11(16)14-10(15)7-17-9-6-4-3-5-8(9)12/h3-6H,2,7H2,1H3,(H2,13,14,15,16). The fourth-order valence-corrected chi connectivity index (χ4v) is 1.62. The van der Waals surface area contributed by atoms with Gasteiger partial charge in [0.2, 0.25) is 0 Å². The second-order valence-corrected chi connectivity index (χ2v) is 4.29. The van der Waals surface area contributed by atoms with Crippen molar-refractivity contribution in [3.8, 4) is 5.75 Å². The van der Waals surface area contributed by atoms with Crippen LogP contribution in [0.5, 0.6) is 5.75 Å². The molecule has 0 atom stereocenters. The molecule has 1 aromatic rings. The van der Waals surface area contributed by atoms with Crippen LogP contribution in [0.1, 0.15) is 6.92 Å². The molecule has 0 bridgehead atoms. The Morgan fingerprint density at radius 3 is 2.71 bits per heavy atom. The minimum atomic E-state index is -0.510. The van der Waals surface area contributed by atoms with Gasteiger partial charge in [0.25, 0.3) is 5.91 Å². The van der Waals surface area contributed by atoms with E-state index in [1.165, 1.54) is 0 Å². The molecule has 0 heterocycles. The molecule has 5 nitrogen and oxygen atoms in total. The number of hydrogen-bond donors (Lipinski definition) is 2. The average Bonchev–Trinajstić information content (AvgIpc) is 2.28. The highest BCUT2D eigenvalue weighted by molar-refractivity contribution is 14.1. The van der Waals surface area contributed by atoms with Crippen LogP contribution in [0.4, 0.5) is 4.79 Å². The molecule has 0 spiro atoms. The fourth-order valence-electron chi connectivity index (χ4n) is 1.07. The first-order chi connectivity index (χ1) is 8.13. The summed E-state index contributed by atoms with van der Waals surface area (Å²) >= 11 is 2.11. The Balaban J connectivity index is 2.38. The van der Waals surface area contributed by atoms with E-state index in [1.54, 1.807) is 13.0 Å². The highest BCUT2D eigenvalue weighted by Gasteiger charge is 2.08. The van der Waals surface area contributed by atoms with E-state index in [-0.39, 0.29) is 6.61 Å². The van der Waals surface area contributed by atoms with Gasteiger partial charge in [0.15, 0.2) is 6.61 Å². The van der Waals surface area contributed by atoms with E-state index in [4.69, 9.17) is 4.74 Å². The zero-order chi connectivity index (χ0) is 12.7. The number of hydrogen-bond acceptors (Lipinski definition) is 3. The lowest BCUT2D eigenvalue weighted by Crippen LogP contribution is -2.41. The van der Waals surface area contributed by atoms with Crippen molar-refractivity contribution in [3.63, 3.8) is 0 Å². The lowest BCUT2D eigenvalue weighted by molar-refractivity contribution is -0.122. The molecular weight excluding hydrogens is 335 g/mol. The van der Waals surface area contributed by atoms with Crippen LogP contribution >= 0.6 is 22.6 Å². The van der Waals surface area contributed by atoms with Gasteiger partial charge in [0.05, 0.1) is 3.57 Å². The molecule has 0 aromatic heterocycles.